The molecular formula is C16H19N3O2. The van der Waals surface area contributed by atoms with Crippen LogP contribution in [0, 0.1) is 17.2 Å². The third-order valence-electron chi connectivity index (χ3n) is 3.12. The molecule has 2 N–H and O–H groups in total. The number of hydrogen-bond donors (Lipinski definition) is 1. The number of furan rings is 1. The highest BCUT2D eigenvalue weighted by molar-refractivity contribution is 5.96. The van der Waals surface area contributed by atoms with Crippen molar-refractivity contribution in [3.05, 3.63) is 30.0 Å². The lowest BCUT2D eigenvalue weighted by Gasteiger charge is -2.22. The van der Waals surface area contributed by atoms with Gasteiger partial charge in [0.05, 0.1) is 12.5 Å². The Balaban J connectivity index is 2.26. The average molecular weight is 285 g/mol. The quantitative estimate of drug-likeness (QED) is 0.856. The minimum atomic E-state index is -0.186. The molecule has 2 rings (SSSR count). The highest BCUT2D eigenvalue weighted by Crippen LogP contribution is 2.23. The smallest absolute Gasteiger partial charge is 0.289 e. The van der Waals surface area contributed by atoms with Crippen molar-refractivity contribution >= 4 is 22.6 Å². The van der Waals surface area contributed by atoms with E-state index < -0.39 is 0 Å². The predicted octanol–water partition coefficient (Wildman–Crippen LogP) is 3.03. The van der Waals surface area contributed by atoms with Gasteiger partial charge in [-0.05, 0) is 30.2 Å². The monoisotopic (exact) mass is 285 g/mol. The molecule has 0 bridgehead atoms. The molecule has 5 nitrogen and oxygen atoms in total. The van der Waals surface area contributed by atoms with Crippen LogP contribution in [0.25, 0.3) is 11.0 Å². The molecule has 1 heterocycles. The van der Waals surface area contributed by atoms with Gasteiger partial charge < -0.3 is 15.1 Å². The Kier molecular flexibility index (Phi) is 4.49. The van der Waals surface area contributed by atoms with Crippen molar-refractivity contribution in [2.75, 3.05) is 18.8 Å². The molecule has 0 spiro atoms. The molecule has 110 valence electrons. The van der Waals surface area contributed by atoms with E-state index in [-0.39, 0.29) is 11.7 Å². The van der Waals surface area contributed by atoms with Gasteiger partial charge in [0, 0.05) is 24.2 Å². The van der Waals surface area contributed by atoms with Gasteiger partial charge >= 0.3 is 0 Å². The first-order valence-corrected chi connectivity index (χ1v) is 6.96. The minimum absolute atomic E-state index is 0.186. The predicted molar refractivity (Wildman–Crippen MR) is 81.6 cm³/mol. The van der Waals surface area contributed by atoms with Gasteiger partial charge in [-0.2, -0.15) is 5.26 Å². The SMILES string of the molecule is CC(C)CN(CCC#N)C(=O)c1cc2cc(N)ccc2o1. The van der Waals surface area contributed by atoms with Crippen LogP contribution >= 0.6 is 0 Å². The maximum absolute atomic E-state index is 12.5. The second kappa shape index (κ2) is 6.31. The summed E-state index contributed by atoms with van der Waals surface area (Å²) in [6.07, 6.45) is 0.311. The van der Waals surface area contributed by atoms with E-state index in [0.29, 0.717) is 36.7 Å². The number of hydrogen-bond acceptors (Lipinski definition) is 4. The first-order chi connectivity index (χ1) is 10.0. The number of anilines is 1. The van der Waals surface area contributed by atoms with Crippen LogP contribution in [0.3, 0.4) is 0 Å². The number of nitrogens with zero attached hydrogens (tertiary/aromatic N) is 2. The number of amides is 1. The Labute approximate surface area is 123 Å². The second-order valence-corrected chi connectivity index (χ2v) is 5.46. The molecule has 1 amide bonds. The number of nitrogen functional groups attached to an aromatic ring is 1. The van der Waals surface area contributed by atoms with Gasteiger partial charge in [0.15, 0.2) is 5.76 Å². The number of benzene rings is 1. The fraction of sp³-hybridized carbons (Fsp3) is 0.375. The number of nitrogens with two attached hydrogens (primary N) is 1. The summed E-state index contributed by atoms with van der Waals surface area (Å²) >= 11 is 0. The summed E-state index contributed by atoms with van der Waals surface area (Å²) in [6, 6.07) is 9.04. The Morgan fingerprint density at radius 3 is 2.86 bits per heavy atom. The van der Waals surface area contributed by atoms with E-state index in [1.54, 1.807) is 29.2 Å². The number of fused-ring (bicyclic) bond motifs is 1. The number of carbonyl (C=O) groups is 1. The third-order valence-corrected chi connectivity index (χ3v) is 3.12. The summed E-state index contributed by atoms with van der Waals surface area (Å²) in [6.45, 7) is 5.07. The lowest BCUT2D eigenvalue weighted by Crippen LogP contribution is -2.34. The van der Waals surface area contributed by atoms with E-state index in [1.807, 2.05) is 13.8 Å². The summed E-state index contributed by atoms with van der Waals surface area (Å²) in [5, 5.41) is 9.53. The lowest BCUT2D eigenvalue weighted by atomic mass is 10.2. The van der Waals surface area contributed by atoms with E-state index >= 15 is 0 Å². The van der Waals surface area contributed by atoms with Crippen LogP contribution in [0.5, 0.6) is 0 Å². The molecule has 21 heavy (non-hydrogen) atoms. The maximum Gasteiger partial charge on any atom is 0.289 e. The van der Waals surface area contributed by atoms with E-state index in [4.69, 9.17) is 15.4 Å². The van der Waals surface area contributed by atoms with Gasteiger partial charge in [-0.3, -0.25) is 4.79 Å². The fourth-order valence-corrected chi connectivity index (χ4v) is 2.22. The van der Waals surface area contributed by atoms with Crippen molar-refractivity contribution in [1.82, 2.24) is 4.90 Å². The molecule has 0 unspecified atom stereocenters. The molecule has 0 saturated heterocycles. The zero-order valence-electron chi connectivity index (χ0n) is 12.3. The van der Waals surface area contributed by atoms with Crippen LogP contribution in [0.1, 0.15) is 30.8 Å². The summed E-state index contributed by atoms with van der Waals surface area (Å²) in [4.78, 5) is 14.2. The van der Waals surface area contributed by atoms with Crippen molar-refractivity contribution in [3.8, 4) is 6.07 Å². The maximum atomic E-state index is 12.5. The summed E-state index contributed by atoms with van der Waals surface area (Å²) in [5.74, 6) is 0.426. The molecule has 0 saturated carbocycles. The highest BCUT2D eigenvalue weighted by atomic mass is 16.3. The van der Waals surface area contributed by atoms with Crippen LogP contribution in [0.15, 0.2) is 28.7 Å². The lowest BCUT2D eigenvalue weighted by molar-refractivity contribution is 0.0710. The molecule has 0 aliphatic heterocycles. The number of carbonyl (C=O) groups excluding carboxylic acids is 1. The van der Waals surface area contributed by atoms with Gasteiger partial charge in [0.1, 0.15) is 5.58 Å². The Morgan fingerprint density at radius 2 is 2.19 bits per heavy atom. The third kappa shape index (κ3) is 3.54. The number of rotatable bonds is 5. The van der Waals surface area contributed by atoms with E-state index in [2.05, 4.69) is 6.07 Å². The van der Waals surface area contributed by atoms with Crippen LogP contribution in [-0.4, -0.2) is 23.9 Å². The summed E-state index contributed by atoms with van der Waals surface area (Å²) in [5.41, 5.74) is 6.99. The Hall–Kier alpha value is -2.48. The van der Waals surface area contributed by atoms with Gasteiger partial charge in [-0.1, -0.05) is 13.8 Å². The zero-order valence-corrected chi connectivity index (χ0v) is 12.3. The van der Waals surface area contributed by atoms with E-state index in [1.165, 1.54) is 0 Å². The van der Waals surface area contributed by atoms with Crippen molar-refractivity contribution in [2.24, 2.45) is 5.92 Å². The van der Waals surface area contributed by atoms with Crippen molar-refractivity contribution in [3.63, 3.8) is 0 Å². The van der Waals surface area contributed by atoms with Crippen LogP contribution in [0.2, 0.25) is 0 Å². The van der Waals surface area contributed by atoms with Gasteiger partial charge in [0.25, 0.3) is 5.91 Å². The molecule has 0 aliphatic carbocycles. The molecule has 0 radical (unpaired) electrons. The van der Waals surface area contributed by atoms with Crippen molar-refractivity contribution < 1.29 is 9.21 Å². The molecule has 0 aliphatic rings. The molecule has 0 atom stereocenters. The summed E-state index contributed by atoms with van der Waals surface area (Å²) in [7, 11) is 0. The minimum Gasteiger partial charge on any atom is -0.451 e. The van der Waals surface area contributed by atoms with Gasteiger partial charge in [-0.15, -0.1) is 0 Å². The first kappa shape index (κ1) is 14.9. The van der Waals surface area contributed by atoms with Crippen molar-refractivity contribution in [2.45, 2.75) is 20.3 Å². The Bertz CT molecular complexity index is 682. The highest BCUT2D eigenvalue weighted by Gasteiger charge is 2.20. The van der Waals surface area contributed by atoms with Crippen LogP contribution in [-0.2, 0) is 0 Å². The normalized spacial score (nSPS) is 10.8. The largest absolute Gasteiger partial charge is 0.451 e. The first-order valence-electron chi connectivity index (χ1n) is 6.96. The topological polar surface area (TPSA) is 83.3 Å². The molecule has 0 fully saturated rings. The van der Waals surface area contributed by atoms with Crippen LogP contribution < -0.4 is 5.73 Å². The molecule has 5 heteroatoms. The number of nitriles is 1. The fourth-order valence-electron chi connectivity index (χ4n) is 2.22. The molecule has 2 aromatic rings. The van der Waals surface area contributed by atoms with Crippen LogP contribution in [0.4, 0.5) is 5.69 Å². The average Bonchev–Trinajstić information content (AvgIpc) is 2.85. The summed E-state index contributed by atoms with van der Waals surface area (Å²) < 4.78 is 5.60. The standard InChI is InChI=1S/C16H19N3O2/c1-11(2)10-19(7-3-6-17)16(20)15-9-12-8-13(18)4-5-14(12)21-15/h4-5,8-9,11H,3,7,10,18H2,1-2H3. The van der Waals surface area contributed by atoms with E-state index in [0.717, 1.165) is 5.39 Å². The van der Waals surface area contributed by atoms with Crippen molar-refractivity contribution in [1.29, 1.82) is 5.26 Å². The van der Waals surface area contributed by atoms with E-state index in [9.17, 15) is 4.79 Å². The molecular weight excluding hydrogens is 266 g/mol. The zero-order chi connectivity index (χ0) is 15.4. The second-order valence-electron chi connectivity index (χ2n) is 5.46. The van der Waals surface area contributed by atoms with Gasteiger partial charge in [0.2, 0.25) is 0 Å². The Morgan fingerprint density at radius 1 is 1.43 bits per heavy atom. The molecule has 1 aromatic carbocycles. The molecule has 1 aromatic heterocycles. The van der Waals surface area contributed by atoms with Gasteiger partial charge in [-0.25, -0.2) is 0 Å².